The molecule has 0 spiro atoms. The lowest BCUT2D eigenvalue weighted by Crippen LogP contribution is -2.54. The molecule has 0 radical (unpaired) electrons. The maximum atomic E-state index is 12.5. The molecule has 4 aliphatic carbocycles. The molecule has 0 saturated heterocycles. The molecular weight excluding hydrogens is 318 g/mol. The molecule has 0 aromatic carbocycles. The van der Waals surface area contributed by atoms with Crippen LogP contribution in [0.5, 0.6) is 0 Å². The highest BCUT2D eigenvalue weighted by atomic mass is 16.6. The molecule has 6 atom stereocenters. The lowest BCUT2D eigenvalue weighted by molar-refractivity contribution is -0.422. The second kappa shape index (κ2) is 5.24. The molecule has 0 aromatic heterocycles. The van der Waals surface area contributed by atoms with Crippen molar-refractivity contribution in [3.63, 3.8) is 0 Å². The number of nitrogens with zero attached hydrogens (tertiary/aromatic N) is 1. The number of carbonyl (C=O) groups excluding carboxylic acids is 2. The summed E-state index contributed by atoms with van der Waals surface area (Å²) in [4.78, 5) is 35.9. The van der Waals surface area contributed by atoms with E-state index in [1.54, 1.807) is 0 Å². The lowest BCUT2D eigenvalue weighted by Gasteiger charge is -2.58. The second-order valence-corrected chi connectivity index (χ2v) is 9.31. The van der Waals surface area contributed by atoms with Crippen LogP contribution < -0.4 is 0 Å². The molecule has 5 heteroatoms. The van der Waals surface area contributed by atoms with E-state index in [1.807, 2.05) is 0 Å². The van der Waals surface area contributed by atoms with Crippen molar-refractivity contribution < 1.29 is 14.5 Å². The first-order valence-corrected chi connectivity index (χ1v) is 9.64. The predicted octanol–water partition coefficient (Wildman–Crippen LogP) is 3.94. The standard InChI is InChI=1S/C20H27NO4/c1-11-10-14-18(21(24)25)15(22)7-9-19(14,2)13-6-8-20(3)12(17(11)13)4-5-16(20)23/h11-13,17H,4-10H2,1-3H3. The summed E-state index contributed by atoms with van der Waals surface area (Å²) in [5, 5.41) is 11.6. The summed E-state index contributed by atoms with van der Waals surface area (Å²) >= 11 is 0. The van der Waals surface area contributed by atoms with Gasteiger partial charge in [0.25, 0.3) is 0 Å². The first kappa shape index (κ1) is 16.9. The minimum Gasteiger partial charge on any atom is -0.299 e. The van der Waals surface area contributed by atoms with Gasteiger partial charge in [-0.15, -0.1) is 0 Å². The second-order valence-electron chi connectivity index (χ2n) is 9.31. The normalized spacial score (nSPS) is 46.5. The average Bonchev–Trinajstić information content (AvgIpc) is 2.84. The van der Waals surface area contributed by atoms with Gasteiger partial charge in [-0.3, -0.25) is 19.7 Å². The van der Waals surface area contributed by atoms with Gasteiger partial charge in [0.2, 0.25) is 5.78 Å². The van der Waals surface area contributed by atoms with Gasteiger partial charge in [0.1, 0.15) is 5.78 Å². The monoisotopic (exact) mass is 345 g/mol. The summed E-state index contributed by atoms with van der Waals surface area (Å²) in [5.74, 6) is 1.63. The van der Waals surface area contributed by atoms with Crippen molar-refractivity contribution >= 4 is 11.6 Å². The van der Waals surface area contributed by atoms with Crippen molar-refractivity contribution in [2.75, 3.05) is 0 Å². The van der Waals surface area contributed by atoms with E-state index in [0.29, 0.717) is 42.3 Å². The van der Waals surface area contributed by atoms with Crippen LogP contribution in [0.1, 0.15) is 65.7 Å². The zero-order valence-corrected chi connectivity index (χ0v) is 15.3. The van der Waals surface area contributed by atoms with Crippen molar-refractivity contribution in [2.24, 2.45) is 34.5 Å². The maximum Gasteiger partial charge on any atom is 0.311 e. The minimum atomic E-state index is -0.436. The Morgan fingerprint density at radius 1 is 1.04 bits per heavy atom. The van der Waals surface area contributed by atoms with Crippen LogP contribution in [0.25, 0.3) is 0 Å². The molecule has 0 N–H and O–H groups in total. The van der Waals surface area contributed by atoms with Gasteiger partial charge in [-0.2, -0.15) is 0 Å². The molecule has 3 fully saturated rings. The van der Waals surface area contributed by atoms with Gasteiger partial charge in [-0.05, 0) is 61.2 Å². The fraction of sp³-hybridized carbons (Fsp3) is 0.800. The van der Waals surface area contributed by atoms with Crippen LogP contribution in [0.2, 0.25) is 0 Å². The molecule has 0 aromatic rings. The molecule has 4 aliphatic rings. The SMILES string of the molecule is CC1CC2=C([N+](=O)[O-])C(=O)CCC2(C)C2CCC3(C)C(=O)CCC3C12. The third kappa shape index (κ3) is 2.07. The van der Waals surface area contributed by atoms with Gasteiger partial charge < -0.3 is 0 Å². The van der Waals surface area contributed by atoms with E-state index in [4.69, 9.17) is 0 Å². The zero-order valence-electron chi connectivity index (χ0n) is 15.3. The molecule has 0 amide bonds. The van der Waals surface area contributed by atoms with Crippen molar-refractivity contribution in [3.05, 3.63) is 21.4 Å². The van der Waals surface area contributed by atoms with E-state index in [2.05, 4.69) is 20.8 Å². The summed E-state index contributed by atoms with van der Waals surface area (Å²) in [6.07, 6.45) is 5.16. The highest BCUT2D eigenvalue weighted by molar-refractivity contribution is 5.95. The Morgan fingerprint density at radius 3 is 2.40 bits per heavy atom. The lowest BCUT2D eigenvalue weighted by atomic mass is 9.45. The Morgan fingerprint density at radius 2 is 1.72 bits per heavy atom. The van der Waals surface area contributed by atoms with Crippen LogP contribution in [-0.2, 0) is 9.59 Å². The van der Waals surface area contributed by atoms with Crippen LogP contribution in [0, 0.1) is 44.6 Å². The highest BCUT2D eigenvalue weighted by Crippen LogP contribution is 2.66. The number of carbonyl (C=O) groups is 2. The highest BCUT2D eigenvalue weighted by Gasteiger charge is 2.62. The van der Waals surface area contributed by atoms with E-state index in [0.717, 1.165) is 31.3 Å². The van der Waals surface area contributed by atoms with Crippen molar-refractivity contribution in [1.82, 2.24) is 0 Å². The summed E-state index contributed by atoms with van der Waals surface area (Å²) in [5.41, 5.74) is 0.245. The third-order valence-corrected chi connectivity index (χ3v) is 8.34. The largest absolute Gasteiger partial charge is 0.311 e. The molecule has 4 rings (SSSR count). The Hall–Kier alpha value is -1.52. The number of fused-ring (bicyclic) bond motifs is 5. The first-order chi connectivity index (χ1) is 11.7. The number of ketones is 2. The topological polar surface area (TPSA) is 77.3 Å². The molecule has 136 valence electrons. The molecule has 0 bridgehead atoms. The Balaban J connectivity index is 1.81. The van der Waals surface area contributed by atoms with Crippen LogP contribution >= 0.6 is 0 Å². The van der Waals surface area contributed by atoms with Crippen molar-refractivity contribution in [2.45, 2.75) is 65.7 Å². The molecule has 5 nitrogen and oxygen atoms in total. The zero-order chi connectivity index (χ0) is 18.1. The number of Topliss-reactive ketones (excluding diaryl/α,β-unsaturated/α-hetero) is 2. The molecule has 3 saturated carbocycles. The molecule has 0 heterocycles. The Kier molecular flexibility index (Phi) is 3.55. The number of allylic oxidation sites excluding steroid dienone is 1. The Labute approximate surface area is 148 Å². The third-order valence-electron chi connectivity index (χ3n) is 8.34. The number of rotatable bonds is 1. The minimum absolute atomic E-state index is 0.116. The number of hydrogen-bond acceptors (Lipinski definition) is 4. The van der Waals surface area contributed by atoms with E-state index < -0.39 is 4.92 Å². The van der Waals surface area contributed by atoms with Gasteiger partial charge in [0.15, 0.2) is 0 Å². The van der Waals surface area contributed by atoms with Crippen LogP contribution in [-0.4, -0.2) is 16.5 Å². The molecular formula is C20H27NO4. The van der Waals surface area contributed by atoms with Gasteiger partial charge in [0.05, 0.1) is 4.92 Å². The van der Waals surface area contributed by atoms with E-state index in [9.17, 15) is 19.7 Å². The summed E-state index contributed by atoms with van der Waals surface area (Å²) in [7, 11) is 0. The fourth-order valence-corrected chi connectivity index (χ4v) is 6.99. The first-order valence-electron chi connectivity index (χ1n) is 9.64. The van der Waals surface area contributed by atoms with Crippen molar-refractivity contribution in [3.8, 4) is 0 Å². The molecule has 25 heavy (non-hydrogen) atoms. The predicted molar refractivity (Wildman–Crippen MR) is 92.2 cm³/mol. The van der Waals surface area contributed by atoms with Gasteiger partial charge in [-0.1, -0.05) is 20.8 Å². The quantitative estimate of drug-likeness (QED) is 0.533. The summed E-state index contributed by atoms with van der Waals surface area (Å²) in [6.45, 7) is 6.48. The van der Waals surface area contributed by atoms with E-state index in [-0.39, 0.29) is 28.7 Å². The summed E-state index contributed by atoms with van der Waals surface area (Å²) in [6, 6.07) is 0. The van der Waals surface area contributed by atoms with Gasteiger partial charge >= 0.3 is 5.70 Å². The van der Waals surface area contributed by atoms with E-state index >= 15 is 0 Å². The van der Waals surface area contributed by atoms with Gasteiger partial charge in [0, 0.05) is 23.8 Å². The van der Waals surface area contributed by atoms with Crippen LogP contribution in [0.3, 0.4) is 0 Å². The number of hydrogen-bond donors (Lipinski definition) is 0. The molecule has 0 aliphatic heterocycles. The maximum absolute atomic E-state index is 12.5. The fourth-order valence-electron chi connectivity index (χ4n) is 6.99. The van der Waals surface area contributed by atoms with Crippen LogP contribution in [0.15, 0.2) is 11.3 Å². The number of nitro groups is 1. The van der Waals surface area contributed by atoms with E-state index in [1.165, 1.54) is 0 Å². The average molecular weight is 345 g/mol. The van der Waals surface area contributed by atoms with Crippen LogP contribution in [0.4, 0.5) is 0 Å². The van der Waals surface area contributed by atoms with Gasteiger partial charge in [-0.25, -0.2) is 0 Å². The summed E-state index contributed by atoms with van der Waals surface area (Å²) < 4.78 is 0. The molecule has 6 unspecified atom stereocenters. The Bertz CT molecular complexity index is 710. The smallest absolute Gasteiger partial charge is 0.299 e. The van der Waals surface area contributed by atoms with Crippen molar-refractivity contribution in [1.29, 1.82) is 0 Å².